The topological polar surface area (TPSA) is 0 Å². The van der Waals surface area contributed by atoms with E-state index in [1.807, 2.05) is 11.3 Å². The number of allylic oxidation sites excluding steroid dienone is 5. The number of fused-ring (bicyclic) bond motifs is 1. The third-order valence-electron chi connectivity index (χ3n) is 4.96. The van der Waals surface area contributed by atoms with Gasteiger partial charge in [0.05, 0.1) is 0 Å². The second-order valence-electron chi connectivity index (χ2n) is 6.92. The second kappa shape index (κ2) is 8.86. The number of thiophene rings is 1. The van der Waals surface area contributed by atoms with E-state index in [9.17, 15) is 0 Å². The molecule has 0 saturated carbocycles. The van der Waals surface area contributed by atoms with Crippen molar-refractivity contribution in [3.8, 4) is 0 Å². The minimum atomic E-state index is 0.314. The molecule has 0 bridgehead atoms. The Labute approximate surface area is 171 Å². The molecule has 1 aliphatic rings. The van der Waals surface area contributed by atoms with E-state index < -0.39 is 0 Å². The van der Waals surface area contributed by atoms with Crippen molar-refractivity contribution < 1.29 is 0 Å². The molecule has 0 N–H and O–H groups in total. The molecule has 0 radical (unpaired) electrons. The summed E-state index contributed by atoms with van der Waals surface area (Å²) in [4.78, 5) is 1.42. The Morgan fingerprint density at radius 1 is 0.929 bits per heavy atom. The lowest BCUT2D eigenvalue weighted by atomic mass is 9.99. The molecule has 3 aromatic rings. The Kier molecular flexibility index (Phi) is 5.84. The molecule has 28 heavy (non-hydrogen) atoms. The van der Waals surface area contributed by atoms with Gasteiger partial charge in [-0.1, -0.05) is 109 Å². The van der Waals surface area contributed by atoms with Crippen LogP contribution < -0.4 is 9.75 Å². The fourth-order valence-electron chi connectivity index (χ4n) is 3.55. The molecule has 1 atom stereocenters. The van der Waals surface area contributed by atoms with E-state index in [0.717, 1.165) is 6.42 Å². The Morgan fingerprint density at radius 3 is 2.43 bits per heavy atom. The molecule has 0 nitrogen and oxygen atoms in total. The van der Waals surface area contributed by atoms with Crippen LogP contribution in [-0.4, -0.2) is 0 Å². The summed E-state index contributed by atoms with van der Waals surface area (Å²) in [7, 11) is 0. The Balaban J connectivity index is 1.82. The van der Waals surface area contributed by atoms with Gasteiger partial charge >= 0.3 is 0 Å². The normalized spacial score (nSPS) is 16.0. The van der Waals surface area contributed by atoms with Gasteiger partial charge in [-0.15, -0.1) is 11.3 Å². The standard InChI is InChI=1S/C27H24S/c1-2-3-6-17-24-25-18-11-16-23(22-14-9-5-10-15-22)20-27(25)28-26(24)19-21-12-7-4-8-13-21/h2-18,20,23H,19H2,1H3/b3-2-,17-6-. The molecule has 1 aliphatic carbocycles. The number of hydrogen-bond donors (Lipinski definition) is 0. The lowest BCUT2D eigenvalue weighted by Crippen LogP contribution is -2.20. The van der Waals surface area contributed by atoms with Crippen LogP contribution in [0.25, 0.3) is 18.2 Å². The van der Waals surface area contributed by atoms with Gasteiger partial charge in [0, 0.05) is 21.7 Å². The van der Waals surface area contributed by atoms with Crippen LogP contribution in [-0.2, 0) is 6.42 Å². The quantitative estimate of drug-likeness (QED) is 0.488. The van der Waals surface area contributed by atoms with Gasteiger partial charge in [0.25, 0.3) is 0 Å². The van der Waals surface area contributed by atoms with Crippen molar-refractivity contribution in [2.75, 3.05) is 0 Å². The summed E-state index contributed by atoms with van der Waals surface area (Å²) in [5.41, 5.74) is 4.04. The largest absolute Gasteiger partial charge is 0.140 e. The molecule has 2 aromatic carbocycles. The minimum Gasteiger partial charge on any atom is -0.140 e. The molecule has 1 aromatic heterocycles. The zero-order chi connectivity index (χ0) is 19.2. The van der Waals surface area contributed by atoms with Gasteiger partial charge in [0.15, 0.2) is 0 Å². The fourth-order valence-corrected chi connectivity index (χ4v) is 4.85. The highest BCUT2D eigenvalue weighted by molar-refractivity contribution is 7.10. The van der Waals surface area contributed by atoms with Crippen LogP contribution in [0.15, 0.2) is 91.0 Å². The molecule has 1 heteroatoms. The molecule has 0 spiro atoms. The van der Waals surface area contributed by atoms with E-state index in [2.05, 4.69) is 116 Å². The maximum absolute atomic E-state index is 2.41. The Morgan fingerprint density at radius 2 is 1.68 bits per heavy atom. The minimum absolute atomic E-state index is 0.314. The van der Waals surface area contributed by atoms with Crippen molar-refractivity contribution in [2.24, 2.45) is 0 Å². The highest BCUT2D eigenvalue weighted by atomic mass is 32.1. The van der Waals surface area contributed by atoms with Crippen LogP contribution >= 0.6 is 11.3 Å². The first-order valence-corrected chi connectivity index (χ1v) is 10.6. The maximum atomic E-state index is 2.41. The zero-order valence-corrected chi connectivity index (χ0v) is 16.9. The summed E-state index contributed by atoms with van der Waals surface area (Å²) in [5.74, 6) is 0.314. The third-order valence-corrected chi connectivity index (χ3v) is 6.15. The SMILES string of the molecule is C/C=C\C=C/c1c(Cc2ccccc2)sc2c1=CC=CC(c1ccccc1)C=2. The molecular weight excluding hydrogens is 356 g/mol. The average Bonchev–Trinajstić information content (AvgIpc) is 2.91. The monoisotopic (exact) mass is 380 g/mol. The van der Waals surface area contributed by atoms with Gasteiger partial charge < -0.3 is 0 Å². The second-order valence-corrected chi connectivity index (χ2v) is 8.06. The van der Waals surface area contributed by atoms with Crippen LogP contribution in [0, 0.1) is 0 Å². The third kappa shape index (κ3) is 4.16. The summed E-state index contributed by atoms with van der Waals surface area (Å²) < 4.78 is 1.37. The van der Waals surface area contributed by atoms with Crippen molar-refractivity contribution in [1.82, 2.24) is 0 Å². The van der Waals surface area contributed by atoms with E-state index >= 15 is 0 Å². The number of benzene rings is 2. The molecule has 0 amide bonds. The lowest BCUT2D eigenvalue weighted by Gasteiger charge is -2.06. The van der Waals surface area contributed by atoms with Gasteiger partial charge in [0.2, 0.25) is 0 Å². The molecule has 0 fully saturated rings. The molecule has 4 rings (SSSR count). The molecular formula is C27H24S. The van der Waals surface area contributed by atoms with E-state index in [-0.39, 0.29) is 0 Å². The molecule has 1 unspecified atom stereocenters. The Bertz CT molecular complexity index is 1130. The van der Waals surface area contributed by atoms with Crippen LogP contribution in [0.1, 0.15) is 34.4 Å². The van der Waals surface area contributed by atoms with Crippen molar-refractivity contribution in [3.63, 3.8) is 0 Å². The highest BCUT2D eigenvalue weighted by Gasteiger charge is 2.12. The number of rotatable bonds is 5. The first-order chi connectivity index (χ1) is 13.8. The van der Waals surface area contributed by atoms with E-state index in [4.69, 9.17) is 0 Å². The first-order valence-electron chi connectivity index (χ1n) is 9.75. The van der Waals surface area contributed by atoms with Gasteiger partial charge in [-0.25, -0.2) is 0 Å². The van der Waals surface area contributed by atoms with Gasteiger partial charge in [-0.3, -0.25) is 0 Å². The van der Waals surface area contributed by atoms with E-state index in [1.165, 1.54) is 31.3 Å². The summed E-state index contributed by atoms with van der Waals surface area (Å²) >= 11 is 1.92. The smallest absolute Gasteiger partial charge is 0.0321 e. The van der Waals surface area contributed by atoms with Gasteiger partial charge in [0.1, 0.15) is 0 Å². The predicted molar refractivity (Wildman–Crippen MR) is 124 cm³/mol. The van der Waals surface area contributed by atoms with E-state index in [1.54, 1.807) is 0 Å². The van der Waals surface area contributed by atoms with Gasteiger partial charge in [-0.05, 0) is 28.8 Å². The van der Waals surface area contributed by atoms with Crippen LogP contribution in [0.2, 0.25) is 0 Å². The summed E-state index contributed by atoms with van der Waals surface area (Å²) in [6.07, 6.45) is 18.7. The molecule has 0 aliphatic heterocycles. The average molecular weight is 381 g/mol. The van der Waals surface area contributed by atoms with Crippen LogP contribution in [0.3, 0.4) is 0 Å². The molecule has 1 heterocycles. The van der Waals surface area contributed by atoms with Crippen LogP contribution in [0.4, 0.5) is 0 Å². The summed E-state index contributed by atoms with van der Waals surface area (Å²) in [6, 6.07) is 21.5. The molecule has 0 saturated heterocycles. The Hall–Kier alpha value is -2.90. The van der Waals surface area contributed by atoms with Crippen molar-refractivity contribution in [2.45, 2.75) is 19.3 Å². The van der Waals surface area contributed by atoms with Crippen molar-refractivity contribution in [3.05, 3.63) is 122 Å². The van der Waals surface area contributed by atoms with Gasteiger partial charge in [-0.2, -0.15) is 0 Å². The predicted octanol–water partition coefficient (Wildman–Crippen LogP) is 5.84. The summed E-state index contributed by atoms with van der Waals surface area (Å²) in [6.45, 7) is 2.05. The fraction of sp³-hybridized carbons (Fsp3) is 0.111. The maximum Gasteiger partial charge on any atom is 0.0321 e. The number of hydrogen-bond acceptors (Lipinski definition) is 1. The summed E-state index contributed by atoms with van der Waals surface area (Å²) in [5, 5.41) is 1.34. The van der Waals surface area contributed by atoms with Crippen molar-refractivity contribution >= 4 is 29.6 Å². The first kappa shape index (κ1) is 18.5. The zero-order valence-electron chi connectivity index (χ0n) is 16.1. The van der Waals surface area contributed by atoms with Crippen LogP contribution in [0.5, 0.6) is 0 Å². The van der Waals surface area contributed by atoms with E-state index in [0.29, 0.717) is 5.92 Å². The lowest BCUT2D eigenvalue weighted by molar-refractivity contribution is 1.15. The van der Waals surface area contributed by atoms with Crippen molar-refractivity contribution in [1.29, 1.82) is 0 Å². The molecule has 138 valence electrons. The highest BCUT2D eigenvalue weighted by Crippen LogP contribution is 2.22.